The lowest BCUT2D eigenvalue weighted by molar-refractivity contribution is -0.143. The number of benzene rings is 2. The molecule has 0 spiro atoms. The number of amides is 2. The molecule has 0 aliphatic carbocycles. The molecule has 1 N–H and O–H groups in total. The van der Waals surface area contributed by atoms with Crippen molar-refractivity contribution in [2.75, 3.05) is 13.2 Å². The maximum atomic E-state index is 13.1. The van der Waals surface area contributed by atoms with Crippen molar-refractivity contribution >= 4 is 23.4 Å². The van der Waals surface area contributed by atoms with Crippen molar-refractivity contribution in [2.45, 2.75) is 46.7 Å². The Morgan fingerprint density at radius 1 is 1.13 bits per heavy atom. The van der Waals surface area contributed by atoms with Crippen LogP contribution in [-0.2, 0) is 16.1 Å². The van der Waals surface area contributed by atoms with Crippen LogP contribution in [0.3, 0.4) is 0 Å². The Hall–Kier alpha value is -2.53. The second-order valence-corrected chi connectivity index (χ2v) is 8.19. The van der Waals surface area contributed by atoms with Gasteiger partial charge in [-0.2, -0.15) is 0 Å². The maximum Gasteiger partial charge on any atom is 0.261 e. The van der Waals surface area contributed by atoms with Gasteiger partial charge in [0.05, 0.1) is 0 Å². The molecule has 2 aromatic rings. The maximum absolute atomic E-state index is 13.1. The van der Waals surface area contributed by atoms with Gasteiger partial charge in [-0.05, 0) is 48.6 Å². The summed E-state index contributed by atoms with van der Waals surface area (Å²) in [5, 5.41) is 3.51. The molecule has 30 heavy (non-hydrogen) atoms. The van der Waals surface area contributed by atoms with E-state index in [1.165, 1.54) is 0 Å². The zero-order valence-electron chi connectivity index (χ0n) is 18.2. The second-order valence-electron chi connectivity index (χ2n) is 7.78. The van der Waals surface area contributed by atoms with Crippen LogP contribution in [0.25, 0.3) is 0 Å². The molecule has 6 heteroatoms. The molecule has 0 aliphatic rings. The molecule has 0 bridgehead atoms. The summed E-state index contributed by atoms with van der Waals surface area (Å²) in [5.41, 5.74) is 1.84. The molecule has 0 saturated heterocycles. The summed E-state index contributed by atoms with van der Waals surface area (Å²) in [6.45, 7) is 8.57. The Labute approximate surface area is 184 Å². The molecule has 2 aromatic carbocycles. The summed E-state index contributed by atoms with van der Waals surface area (Å²) in [7, 11) is 0. The highest BCUT2D eigenvalue weighted by Crippen LogP contribution is 2.20. The van der Waals surface area contributed by atoms with Crippen molar-refractivity contribution in [1.29, 1.82) is 0 Å². The van der Waals surface area contributed by atoms with Crippen LogP contribution in [-0.4, -0.2) is 35.9 Å². The Morgan fingerprint density at radius 2 is 1.87 bits per heavy atom. The molecule has 0 aliphatic heterocycles. The highest BCUT2D eigenvalue weighted by molar-refractivity contribution is 6.31. The Bertz CT molecular complexity index is 854. The number of nitrogens with zero attached hydrogens (tertiary/aromatic N) is 1. The normalized spacial score (nSPS) is 11.8. The summed E-state index contributed by atoms with van der Waals surface area (Å²) in [5.74, 6) is 0.521. The predicted octanol–water partition coefficient (Wildman–Crippen LogP) is 4.61. The number of hydrogen-bond donors (Lipinski definition) is 1. The monoisotopic (exact) mass is 430 g/mol. The topological polar surface area (TPSA) is 58.6 Å². The van der Waals surface area contributed by atoms with Crippen molar-refractivity contribution in [3.8, 4) is 5.75 Å². The third-order valence-corrected chi connectivity index (χ3v) is 5.09. The molecule has 0 radical (unpaired) electrons. The van der Waals surface area contributed by atoms with Gasteiger partial charge in [-0.3, -0.25) is 9.59 Å². The van der Waals surface area contributed by atoms with Crippen molar-refractivity contribution in [3.05, 3.63) is 64.7 Å². The number of nitrogens with one attached hydrogen (secondary N) is 1. The number of carbonyl (C=O) groups is 2. The van der Waals surface area contributed by atoms with Crippen LogP contribution in [0, 0.1) is 12.8 Å². The van der Waals surface area contributed by atoms with Crippen LogP contribution in [0.2, 0.25) is 5.02 Å². The van der Waals surface area contributed by atoms with Gasteiger partial charge in [0.15, 0.2) is 6.61 Å². The molecule has 0 fully saturated rings. The Kier molecular flexibility index (Phi) is 9.18. The van der Waals surface area contributed by atoms with Crippen LogP contribution in [0.15, 0.2) is 48.5 Å². The number of halogens is 1. The molecule has 1 unspecified atom stereocenters. The van der Waals surface area contributed by atoms with Crippen molar-refractivity contribution in [2.24, 2.45) is 5.92 Å². The first-order chi connectivity index (χ1) is 14.3. The standard InChI is InChI=1S/C24H31ClN2O3/c1-5-22(24(29)26-14-17(2)3)27(15-19-10-6-7-12-21(19)25)23(28)16-30-20-11-8-9-18(4)13-20/h6-13,17,22H,5,14-16H2,1-4H3,(H,26,29). The summed E-state index contributed by atoms with van der Waals surface area (Å²) < 4.78 is 5.71. The highest BCUT2D eigenvalue weighted by Gasteiger charge is 2.29. The number of rotatable bonds is 10. The van der Waals surface area contributed by atoms with E-state index >= 15 is 0 Å². The van der Waals surface area contributed by atoms with Gasteiger partial charge in [-0.15, -0.1) is 0 Å². The predicted molar refractivity (Wildman–Crippen MR) is 121 cm³/mol. The van der Waals surface area contributed by atoms with Crippen LogP contribution < -0.4 is 10.1 Å². The lowest BCUT2D eigenvalue weighted by Gasteiger charge is -2.31. The molecule has 2 rings (SSSR count). The van der Waals surface area contributed by atoms with E-state index in [1.807, 2.05) is 70.2 Å². The third kappa shape index (κ3) is 7.06. The number of carbonyl (C=O) groups excluding carboxylic acids is 2. The summed E-state index contributed by atoms with van der Waals surface area (Å²) in [4.78, 5) is 27.5. The third-order valence-electron chi connectivity index (χ3n) is 4.72. The van der Waals surface area contributed by atoms with E-state index in [0.29, 0.717) is 29.7 Å². The minimum absolute atomic E-state index is 0.151. The molecule has 0 heterocycles. The van der Waals surface area contributed by atoms with Gasteiger partial charge in [0.2, 0.25) is 5.91 Å². The summed E-state index contributed by atoms with van der Waals surface area (Å²) >= 11 is 6.32. The van der Waals surface area contributed by atoms with Crippen molar-refractivity contribution in [1.82, 2.24) is 10.2 Å². The molecular formula is C24H31ClN2O3. The summed E-state index contributed by atoms with van der Waals surface area (Å²) in [6.07, 6.45) is 0.491. The van der Waals surface area contributed by atoms with Gasteiger partial charge in [0, 0.05) is 18.1 Å². The van der Waals surface area contributed by atoms with E-state index in [2.05, 4.69) is 5.32 Å². The van der Waals surface area contributed by atoms with Crippen LogP contribution in [0.1, 0.15) is 38.3 Å². The molecule has 162 valence electrons. The van der Waals surface area contributed by atoms with Gasteiger partial charge >= 0.3 is 0 Å². The first-order valence-corrected chi connectivity index (χ1v) is 10.7. The quantitative estimate of drug-likeness (QED) is 0.598. The second kappa shape index (κ2) is 11.6. The van der Waals surface area contributed by atoms with Crippen LogP contribution in [0.4, 0.5) is 0 Å². The van der Waals surface area contributed by atoms with Crippen LogP contribution in [0.5, 0.6) is 5.75 Å². The minimum Gasteiger partial charge on any atom is -0.484 e. The lowest BCUT2D eigenvalue weighted by Crippen LogP contribution is -2.50. The SMILES string of the molecule is CCC(C(=O)NCC(C)C)N(Cc1ccccc1Cl)C(=O)COc1cccc(C)c1. The highest BCUT2D eigenvalue weighted by atomic mass is 35.5. The first-order valence-electron chi connectivity index (χ1n) is 10.3. The summed E-state index contributed by atoms with van der Waals surface area (Å²) in [6, 6.07) is 14.3. The average Bonchev–Trinajstić information content (AvgIpc) is 2.71. The number of aryl methyl sites for hydroxylation is 1. The lowest BCUT2D eigenvalue weighted by atomic mass is 10.1. The van der Waals surface area contributed by atoms with E-state index in [4.69, 9.17) is 16.3 Å². The number of ether oxygens (including phenoxy) is 1. The minimum atomic E-state index is -0.603. The van der Waals surface area contributed by atoms with Gasteiger partial charge < -0.3 is 15.0 Å². The van der Waals surface area contributed by atoms with Gasteiger partial charge in [0.25, 0.3) is 5.91 Å². The molecule has 2 amide bonds. The zero-order valence-corrected chi connectivity index (χ0v) is 18.9. The fourth-order valence-electron chi connectivity index (χ4n) is 3.09. The van der Waals surface area contributed by atoms with Gasteiger partial charge in [-0.25, -0.2) is 0 Å². The Balaban J connectivity index is 2.21. The molecule has 5 nitrogen and oxygen atoms in total. The Morgan fingerprint density at radius 3 is 2.50 bits per heavy atom. The van der Waals surface area contributed by atoms with E-state index in [-0.39, 0.29) is 25.0 Å². The molecular weight excluding hydrogens is 400 g/mol. The van der Waals surface area contributed by atoms with E-state index in [9.17, 15) is 9.59 Å². The first kappa shape index (κ1) is 23.7. The number of hydrogen-bond acceptors (Lipinski definition) is 3. The molecule has 0 aromatic heterocycles. The smallest absolute Gasteiger partial charge is 0.261 e. The largest absolute Gasteiger partial charge is 0.484 e. The van der Waals surface area contributed by atoms with Crippen LogP contribution >= 0.6 is 11.6 Å². The van der Waals surface area contributed by atoms with Crippen molar-refractivity contribution < 1.29 is 14.3 Å². The van der Waals surface area contributed by atoms with E-state index in [0.717, 1.165) is 11.1 Å². The molecule has 1 atom stereocenters. The fourth-order valence-corrected chi connectivity index (χ4v) is 3.28. The fraction of sp³-hybridized carbons (Fsp3) is 0.417. The van der Waals surface area contributed by atoms with E-state index < -0.39 is 6.04 Å². The average molecular weight is 431 g/mol. The van der Waals surface area contributed by atoms with Gasteiger partial charge in [0.1, 0.15) is 11.8 Å². The van der Waals surface area contributed by atoms with Crippen molar-refractivity contribution in [3.63, 3.8) is 0 Å². The zero-order chi connectivity index (χ0) is 22.1. The van der Waals surface area contributed by atoms with Gasteiger partial charge in [-0.1, -0.05) is 62.7 Å². The van der Waals surface area contributed by atoms with E-state index in [1.54, 1.807) is 11.0 Å². The molecule has 0 saturated carbocycles.